The SMILES string of the molecule is COc1cc(Nc2nc(Cl)nc3[nH]ncc23)c(Br)cc1Br. The fourth-order valence-electron chi connectivity index (χ4n) is 1.81. The molecule has 2 N–H and O–H groups in total. The third-order valence-electron chi connectivity index (χ3n) is 2.78. The maximum absolute atomic E-state index is 5.92. The first-order valence-electron chi connectivity index (χ1n) is 5.75. The number of H-pyrrole nitrogens is 1. The Hall–Kier alpha value is -1.38. The zero-order valence-corrected chi connectivity index (χ0v) is 14.5. The van der Waals surface area contributed by atoms with E-state index >= 15 is 0 Å². The van der Waals surface area contributed by atoms with Gasteiger partial charge in [-0.05, 0) is 49.5 Å². The summed E-state index contributed by atoms with van der Waals surface area (Å²) in [6.07, 6.45) is 1.64. The lowest BCUT2D eigenvalue weighted by Crippen LogP contribution is -1.98. The van der Waals surface area contributed by atoms with Gasteiger partial charge in [-0.25, -0.2) is 0 Å². The Bertz CT molecular complexity index is 823. The number of nitrogens with zero attached hydrogens (tertiary/aromatic N) is 3. The van der Waals surface area contributed by atoms with Crippen molar-refractivity contribution in [1.29, 1.82) is 0 Å². The molecule has 2 aromatic heterocycles. The van der Waals surface area contributed by atoms with Crippen LogP contribution in [0.3, 0.4) is 0 Å². The van der Waals surface area contributed by atoms with Gasteiger partial charge in [0.25, 0.3) is 0 Å². The molecule has 9 heteroatoms. The van der Waals surface area contributed by atoms with Crippen molar-refractivity contribution in [3.63, 3.8) is 0 Å². The third kappa shape index (κ3) is 2.83. The monoisotopic (exact) mass is 431 g/mol. The number of methoxy groups -OCH3 is 1. The Balaban J connectivity index is 2.08. The average molecular weight is 433 g/mol. The van der Waals surface area contributed by atoms with E-state index in [2.05, 4.69) is 57.3 Å². The largest absolute Gasteiger partial charge is 0.495 e. The molecule has 1 aromatic carbocycles. The summed E-state index contributed by atoms with van der Waals surface area (Å²) in [6.45, 7) is 0. The molecule has 0 unspecified atom stereocenters. The molecule has 0 aliphatic rings. The minimum atomic E-state index is 0.134. The molecular formula is C12H8Br2ClN5O. The van der Waals surface area contributed by atoms with Gasteiger partial charge in [0.05, 0.1) is 28.9 Å². The topological polar surface area (TPSA) is 75.7 Å². The van der Waals surface area contributed by atoms with E-state index in [-0.39, 0.29) is 5.28 Å². The van der Waals surface area contributed by atoms with E-state index in [1.165, 1.54) is 0 Å². The molecule has 0 aliphatic carbocycles. The molecular weight excluding hydrogens is 425 g/mol. The summed E-state index contributed by atoms with van der Waals surface area (Å²) in [5.41, 5.74) is 1.35. The Labute approximate surface area is 141 Å². The molecule has 0 amide bonds. The zero-order chi connectivity index (χ0) is 15.0. The van der Waals surface area contributed by atoms with Crippen LogP contribution in [0.2, 0.25) is 5.28 Å². The third-order valence-corrected chi connectivity index (χ3v) is 4.22. The van der Waals surface area contributed by atoms with Gasteiger partial charge in [0.2, 0.25) is 5.28 Å². The second kappa shape index (κ2) is 5.78. The number of nitrogens with one attached hydrogen (secondary N) is 2. The fraction of sp³-hybridized carbons (Fsp3) is 0.0833. The second-order valence-corrected chi connectivity index (χ2v) is 6.11. The number of hydrogen-bond donors (Lipinski definition) is 2. The van der Waals surface area contributed by atoms with Crippen molar-refractivity contribution >= 4 is 66.0 Å². The highest BCUT2D eigenvalue weighted by molar-refractivity contribution is 9.11. The van der Waals surface area contributed by atoms with Crippen LogP contribution in [0.1, 0.15) is 0 Å². The molecule has 0 saturated carbocycles. The van der Waals surface area contributed by atoms with E-state index in [1.54, 1.807) is 13.3 Å². The average Bonchev–Trinajstić information content (AvgIpc) is 2.89. The van der Waals surface area contributed by atoms with Crippen LogP contribution in [-0.2, 0) is 0 Å². The van der Waals surface area contributed by atoms with Gasteiger partial charge in [-0.2, -0.15) is 15.1 Å². The minimum Gasteiger partial charge on any atom is -0.495 e. The zero-order valence-electron chi connectivity index (χ0n) is 10.6. The lowest BCUT2D eigenvalue weighted by Gasteiger charge is -2.12. The number of aromatic nitrogens is 4. The Morgan fingerprint density at radius 1 is 1.24 bits per heavy atom. The summed E-state index contributed by atoms with van der Waals surface area (Å²) in [6, 6.07) is 3.73. The Morgan fingerprint density at radius 2 is 2.05 bits per heavy atom. The highest BCUT2D eigenvalue weighted by Crippen LogP contribution is 2.36. The van der Waals surface area contributed by atoms with Gasteiger partial charge >= 0.3 is 0 Å². The summed E-state index contributed by atoms with van der Waals surface area (Å²) < 4.78 is 6.98. The lowest BCUT2D eigenvalue weighted by molar-refractivity contribution is 0.412. The molecule has 0 saturated heterocycles. The number of anilines is 2. The molecule has 0 radical (unpaired) electrons. The number of aromatic amines is 1. The van der Waals surface area contributed by atoms with Gasteiger partial charge in [-0.15, -0.1) is 0 Å². The highest BCUT2D eigenvalue weighted by atomic mass is 79.9. The summed E-state index contributed by atoms with van der Waals surface area (Å²) in [7, 11) is 1.60. The van der Waals surface area contributed by atoms with Crippen LogP contribution in [0, 0.1) is 0 Å². The van der Waals surface area contributed by atoms with Gasteiger partial charge in [-0.3, -0.25) is 5.10 Å². The van der Waals surface area contributed by atoms with Crippen LogP contribution in [0.25, 0.3) is 11.0 Å². The number of ether oxygens (including phenoxy) is 1. The molecule has 0 bridgehead atoms. The summed E-state index contributed by atoms with van der Waals surface area (Å²) in [5.74, 6) is 1.26. The molecule has 0 aliphatic heterocycles. The van der Waals surface area contributed by atoms with Crippen molar-refractivity contribution in [2.75, 3.05) is 12.4 Å². The van der Waals surface area contributed by atoms with E-state index in [0.717, 1.165) is 20.0 Å². The minimum absolute atomic E-state index is 0.134. The molecule has 3 rings (SSSR count). The molecule has 2 heterocycles. The van der Waals surface area contributed by atoms with Gasteiger partial charge in [0, 0.05) is 10.5 Å². The Kier molecular flexibility index (Phi) is 4.01. The Morgan fingerprint density at radius 3 is 2.81 bits per heavy atom. The first kappa shape index (κ1) is 14.6. The number of halogens is 3. The number of hydrogen-bond acceptors (Lipinski definition) is 5. The van der Waals surface area contributed by atoms with E-state index in [4.69, 9.17) is 16.3 Å². The highest BCUT2D eigenvalue weighted by Gasteiger charge is 2.12. The first-order chi connectivity index (χ1) is 10.1. The van der Waals surface area contributed by atoms with Gasteiger partial charge in [-0.1, -0.05) is 0 Å². The molecule has 0 spiro atoms. The fourth-order valence-corrected chi connectivity index (χ4v) is 3.24. The van der Waals surface area contributed by atoms with Gasteiger partial charge in [0.15, 0.2) is 5.65 Å². The standard InChI is InChI=1S/C12H8Br2ClN5O/c1-21-9-3-8(6(13)2-7(9)14)17-10-5-4-16-20-11(5)19-12(15)18-10/h2-4H,1H3,(H2,16,17,18,19,20). The van der Waals surface area contributed by atoms with Crippen LogP contribution < -0.4 is 10.1 Å². The predicted octanol–water partition coefficient (Wildman–Crippen LogP) is 4.28. The van der Waals surface area contributed by atoms with Crippen molar-refractivity contribution in [2.24, 2.45) is 0 Å². The number of fused-ring (bicyclic) bond motifs is 1. The van der Waals surface area contributed by atoms with Gasteiger partial charge < -0.3 is 10.1 Å². The quantitative estimate of drug-likeness (QED) is 0.603. The molecule has 3 aromatic rings. The molecule has 21 heavy (non-hydrogen) atoms. The van der Waals surface area contributed by atoms with E-state index in [1.807, 2.05) is 12.1 Å². The van der Waals surface area contributed by atoms with Crippen LogP contribution >= 0.6 is 43.5 Å². The number of benzene rings is 1. The summed E-state index contributed by atoms with van der Waals surface area (Å²) in [4.78, 5) is 8.26. The van der Waals surface area contributed by atoms with Crippen molar-refractivity contribution in [3.8, 4) is 5.75 Å². The van der Waals surface area contributed by atoms with Crippen LogP contribution in [0.4, 0.5) is 11.5 Å². The maximum Gasteiger partial charge on any atom is 0.226 e. The van der Waals surface area contributed by atoms with Crippen molar-refractivity contribution in [3.05, 3.63) is 32.6 Å². The van der Waals surface area contributed by atoms with E-state index in [9.17, 15) is 0 Å². The molecule has 6 nitrogen and oxygen atoms in total. The van der Waals surface area contributed by atoms with Gasteiger partial charge in [0.1, 0.15) is 11.6 Å². The maximum atomic E-state index is 5.92. The molecule has 0 fully saturated rings. The number of rotatable bonds is 3. The molecule has 108 valence electrons. The lowest BCUT2D eigenvalue weighted by atomic mass is 10.3. The first-order valence-corrected chi connectivity index (χ1v) is 7.71. The summed E-state index contributed by atoms with van der Waals surface area (Å²) in [5, 5.41) is 10.8. The van der Waals surface area contributed by atoms with E-state index in [0.29, 0.717) is 17.2 Å². The van der Waals surface area contributed by atoms with Crippen LogP contribution in [0.15, 0.2) is 27.3 Å². The van der Waals surface area contributed by atoms with Crippen LogP contribution in [0.5, 0.6) is 5.75 Å². The predicted molar refractivity (Wildman–Crippen MR) is 88.4 cm³/mol. The van der Waals surface area contributed by atoms with Crippen molar-refractivity contribution < 1.29 is 4.74 Å². The molecule has 0 atom stereocenters. The normalized spacial score (nSPS) is 10.9. The van der Waals surface area contributed by atoms with E-state index < -0.39 is 0 Å². The second-order valence-electron chi connectivity index (χ2n) is 4.07. The smallest absolute Gasteiger partial charge is 0.226 e. The summed E-state index contributed by atoms with van der Waals surface area (Å²) >= 11 is 12.8. The van der Waals surface area contributed by atoms with Crippen LogP contribution in [-0.4, -0.2) is 27.3 Å². The van der Waals surface area contributed by atoms with Crippen molar-refractivity contribution in [1.82, 2.24) is 20.2 Å². The van der Waals surface area contributed by atoms with Crippen molar-refractivity contribution in [2.45, 2.75) is 0 Å².